The minimum Gasteiger partial charge on any atom is -0.478 e. The highest BCUT2D eigenvalue weighted by atomic mass is 35.5. The molecule has 0 spiro atoms. The highest BCUT2D eigenvalue weighted by Gasteiger charge is 1.90. The molecule has 0 aromatic rings. The molecule has 3 nitrogen and oxygen atoms in total. The van der Waals surface area contributed by atoms with Crippen molar-refractivity contribution in [3.05, 3.63) is 12.2 Å². The van der Waals surface area contributed by atoms with E-state index in [9.17, 15) is 4.79 Å². The molecule has 0 radical (unpaired) electrons. The smallest absolute Gasteiger partial charge is 0.330 e. The predicted molar refractivity (Wildman–Crippen MR) is 49.3 cm³/mol. The van der Waals surface area contributed by atoms with Crippen molar-refractivity contribution < 1.29 is 9.90 Å². The molecule has 1 N–H and O–H groups in total. The van der Waals surface area contributed by atoms with E-state index in [0.717, 1.165) is 0 Å². The van der Waals surface area contributed by atoms with Crippen LogP contribution in [0.2, 0.25) is 0 Å². The Labute approximate surface area is 74.1 Å². The highest BCUT2D eigenvalue weighted by Crippen LogP contribution is 1.81. The zero-order valence-electron chi connectivity index (χ0n) is 7.42. The van der Waals surface area contributed by atoms with E-state index in [4.69, 9.17) is 5.11 Å². The van der Waals surface area contributed by atoms with Crippen LogP contribution in [-0.4, -0.2) is 37.1 Å². The number of rotatable bonds is 1. The Bertz CT molecular complexity index is 109. The molecule has 11 heavy (non-hydrogen) atoms. The first-order valence-electron chi connectivity index (χ1n) is 2.87. The van der Waals surface area contributed by atoms with Crippen LogP contribution >= 0.6 is 12.4 Å². The van der Waals surface area contributed by atoms with Crippen LogP contribution < -0.4 is 0 Å². The molecule has 0 rings (SSSR count). The molecule has 68 valence electrons. The van der Waals surface area contributed by atoms with Crippen LogP contribution in [0.3, 0.4) is 0 Å². The fourth-order valence-corrected chi connectivity index (χ4v) is 0. The van der Waals surface area contributed by atoms with E-state index in [2.05, 4.69) is 6.58 Å². The maximum Gasteiger partial charge on any atom is 0.330 e. The SMILES string of the molecule is C=C(C)C(=O)O.CN(C)C.Cl. The van der Waals surface area contributed by atoms with Crippen LogP contribution in [0.25, 0.3) is 0 Å². The highest BCUT2D eigenvalue weighted by molar-refractivity contribution is 5.85. The summed E-state index contributed by atoms with van der Waals surface area (Å²) in [6.45, 7) is 4.60. The van der Waals surface area contributed by atoms with E-state index < -0.39 is 5.97 Å². The van der Waals surface area contributed by atoms with Crippen molar-refractivity contribution in [3.8, 4) is 0 Å². The van der Waals surface area contributed by atoms with E-state index in [1.807, 2.05) is 26.0 Å². The zero-order valence-corrected chi connectivity index (χ0v) is 8.23. The molecule has 0 aromatic heterocycles. The average molecular weight is 182 g/mol. The van der Waals surface area contributed by atoms with Gasteiger partial charge in [0.15, 0.2) is 0 Å². The van der Waals surface area contributed by atoms with Gasteiger partial charge in [-0.05, 0) is 28.1 Å². The zero-order chi connectivity index (χ0) is 8.73. The molecule has 0 saturated heterocycles. The van der Waals surface area contributed by atoms with E-state index >= 15 is 0 Å². The van der Waals surface area contributed by atoms with Crippen molar-refractivity contribution in [2.75, 3.05) is 21.1 Å². The van der Waals surface area contributed by atoms with Crippen LogP contribution in [0.4, 0.5) is 0 Å². The van der Waals surface area contributed by atoms with Crippen molar-refractivity contribution in [2.24, 2.45) is 0 Å². The Morgan fingerprint density at radius 3 is 1.45 bits per heavy atom. The van der Waals surface area contributed by atoms with Crippen molar-refractivity contribution >= 4 is 18.4 Å². The summed E-state index contributed by atoms with van der Waals surface area (Å²) in [7, 11) is 6.00. The van der Waals surface area contributed by atoms with Crippen molar-refractivity contribution in [1.82, 2.24) is 4.90 Å². The summed E-state index contributed by atoms with van der Waals surface area (Å²) in [4.78, 5) is 11.6. The van der Waals surface area contributed by atoms with Gasteiger partial charge in [0.05, 0.1) is 0 Å². The first-order valence-corrected chi connectivity index (χ1v) is 2.87. The Hall–Kier alpha value is -0.540. The lowest BCUT2D eigenvalue weighted by Gasteiger charge is -1.90. The average Bonchev–Trinajstić information content (AvgIpc) is 1.63. The lowest BCUT2D eigenvalue weighted by atomic mass is 10.4. The third-order valence-corrected chi connectivity index (χ3v) is 0.365. The molecule has 4 heteroatoms. The van der Waals surface area contributed by atoms with Crippen LogP contribution in [0, 0.1) is 0 Å². The molecule has 0 fully saturated rings. The maximum atomic E-state index is 9.60. The van der Waals surface area contributed by atoms with Crippen LogP contribution in [0.1, 0.15) is 6.92 Å². The van der Waals surface area contributed by atoms with Gasteiger partial charge in [0, 0.05) is 5.57 Å². The summed E-state index contributed by atoms with van der Waals surface area (Å²) in [5.41, 5.74) is 0.176. The quantitative estimate of drug-likeness (QED) is 0.619. The predicted octanol–water partition coefficient (Wildman–Crippen LogP) is 1.25. The standard InChI is InChI=1S/C4H6O2.C3H9N.ClH/c1-3(2)4(5)6;1-4(2)3;/h1H2,2H3,(H,5,6);1-3H3;1H. The molecule has 0 aromatic carbocycles. The molecular weight excluding hydrogens is 166 g/mol. The molecule has 0 atom stereocenters. The van der Waals surface area contributed by atoms with Crippen LogP contribution in [0.5, 0.6) is 0 Å². The molecule has 0 heterocycles. The largest absolute Gasteiger partial charge is 0.478 e. The van der Waals surface area contributed by atoms with Crippen LogP contribution in [0.15, 0.2) is 12.2 Å². The summed E-state index contributed by atoms with van der Waals surface area (Å²) in [5.74, 6) is -0.935. The number of carboxylic acids is 1. The Balaban J connectivity index is -0.000000114. The molecule has 0 unspecified atom stereocenters. The fourth-order valence-electron chi connectivity index (χ4n) is 0. The van der Waals surface area contributed by atoms with Gasteiger partial charge in [-0.1, -0.05) is 6.58 Å². The number of halogens is 1. The lowest BCUT2D eigenvalue weighted by Crippen LogP contribution is -1.99. The number of hydrogen-bond donors (Lipinski definition) is 1. The third-order valence-electron chi connectivity index (χ3n) is 0.365. The molecule has 0 aliphatic rings. The number of nitrogens with zero attached hydrogens (tertiary/aromatic N) is 1. The maximum absolute atomic E-state index is 9.60. The molecule has 0 bridgehead atoms. The number of carbonyl (C=O) groups is 1. The molecule has 0 aliphatic carbocycles. The molecule has 0 saturated carbocycles. The summed E-state index contributed by atoms with van der Waals surface area (Å²) < 4.78 is 0. The van der Waals surface area contributed by atoms with E-state index in [1.54, 1.807) is 0 Å². The second-order valence-electron chi connectivity index (χ2n) is 2.43. The van der Waals surface area contributed by atoms with E-state index in [1.165, 1.54) is 6.92 Å². The molecular formula is C7H16ClNO2. The minimum absolute atomic E-state index is 0. The third kappa shape index (κ3) is 44.0. The Kier molecular flexibility index (Phi) is 14.5. The van der Waals surface area contributed by atoms with E-state index in [-0.39, 0.29) is 18.0 Å². The fraction of sp³-hybridized carbons (Fsp3) is 0.571. The summed E-state index contributed by atoms with van der Waals surface area (Å²) >= 11 is 0. The number of aliphatic carboxylic acids is 1. The second kappa shape index (κ2) is 9.46. The lowest BCUT2D eigenvalue weighted by molar-refractivity contribution is -0.132. The monoisotopic (exact) mass is 181 g/mol. The van der Waals surface area contributed by atoms with Crippen molar-refractivity contribution in [2.45, 2.75) is 6.92 Å². The summed E-state index contributed by atoms with van der Waals surface area (Å²) in [5, 5.41) is 7.89. The first kappa shape index (κ1) is 16.8. The molecule has 0 amide bonds. The van der Waals surface area contributed by atoms with Gasteiger partial charge in [-0.25, -0.2) is 4.79 Å². The second-order valence-corrected chi connectivity index (χ2v) is 2.43. The normalized spacial score (nSPS) is 7.36. The van der Waals surface area contributed by atoms with Crippen molar-refractivity contribution in [3.63, 3.8) is 0 Å². The van der Waals surface area contributed by atoms with Crippen molar-refractivity contribution in [1.29, 1.82) is 0 Å². The van der Waals surface area contributed by atoms with Gasteiger partial charge in [-0.2, -0.15) is 0 Å². The van der Waals surface area contributed by atoms with Gasteiger partial charge >= 0.3 is 5.97 Å². The topological polar surface area (TPSA) is 40.5 Å². The Morgan fingerprint density at radius 2 is 1.45 bits per heavy atom. The van der Waals surface area contributed by atoms with Gasteiger partial charge in [0.2, 0.25) is 0 Å². The van der Waals surface area contributed by atoms with Gasteiger partial charge in [0.25, 0.3) is 0 Å². The summed E-state index contributed by atoms with van der Waals surface area (Å²) in [6, 6.07) is 0. The van der Waals surface area contributed by atoms with E-state index in [0.29, 0.717) is 0 Å². The minimum atomic E-state index is -0.935. The first-order chi connectivity index (χ1) is 4.37. The Morgan fingerprint density at radius 1 is 1.36 bits per heavy atom. The van der Waals surface area contributed by atoms with Gasteiger partial charge in [-0.3, -0.25) is 0 Å². The van der Waals surface area contributed by atoms with Gasteiger partial charge in [0.1, 0.15) is 0 Å². The van der Waals surface area contributed by atoms with Crippen LogP contribution in [-0.2, 0) is 4.79 Å². The number of hydrogen-bond acceptors (Lipinski definition) is 2. The summed E-state index contributed by atoms with van der Waals surface area (Å²) in [6.07, 6.45) is 0. The van der Waals surface area contributed by atoms with Gasteiger partial charge < -0.3 is 10.0 Å². The van der Waals surface area contributed by atoms with Gasteiger partial charge in [-0.15, -0.1) is 12.4 Å². The molecule has 0 aliphatic heterocycles. The number of carboxylic acid groups (broad SMARTS) is 1.